The molecule has 6 heteroatoms. The highest BCUT2D eigenvalue weighted by Crippen LogP contribution is 2.19. The number of fused-ring (bicyclic) bond motifs is 1. The fourth-order valence-electron chi connectivity index (χ4n) is 1.98. The van der Waals surface area contributed by atoms with Crippen LogP contribution in [0.1, 0.15) is 0 Å². The second kappa shape index (κ2) is 6.65. The van der Waals surface area contributed by atoms with Crippen LogP contribution in [0.5, 0.6) is 5.75 Å². The molecule has 0 radical (unpaired) electrons. The lowest BCUT2D eigenvalue weighted by Gasteiger charge is -2.09. The van der Waals surface area contributed by atoms with E-state index < -0.39 is 5.63 Å². The molecule has 1 amide bonds. The first-order chi connectivity index (χ1) is 11.2. The zero-order valence-electron chi connectivity index (χ0n) is 12.1. The number of hydrazine groups is 1. The van der Waals surface area contributed by atoms with E-state index in [0.717, 1.165) is 11.1 Å². The predicted octanol–water partition coefficient (Wildman–Crippen LogP) is 2.32. The van der Waals surface area contributed by atoms with Gasteiger partial charge in [0.2, 0.25) is 0 Å². The molecule has 0 aliphatic heterocycles. The Labute approximate surface area is 131 Å². The maximum Gasteiger partial charge on any atom is 0.336 e. The van der Waals surface area contributed by atoms with Crippen molar-refractivity contribution < 1.29 is 13.9 Å². The van der Waals surface area contributed by atoms with Crippen molar-refractivity contribution in [3.05, 3.63) is 71.1 Å². The van der Waals surface area contributed by atoms with Gasteiger partial charge in [0.25, 0.3) is 5.91 Å². The highest BCUT2D eigenvalue weighted by Gasteiger charge is 2.04. The van der Waals surface area contributed by atoms with E-state index in [1.54, 1.807) is 24.3 Å². The number of nitrogens with one attached hydrogen (secondary N) is 2. The van der Waals surface area contributed by atoms with Gasteiger partial charge in [-0.05, 0) is 30.3 Å². The van der Waals surface area contributed by atoms with Crippen LogP contribution >= 0.6 is 0 Å². The Kier molecular flexibility index (Phi) is 4.24. The van der Waals surface area contributed by atoms with Crippen LogP contribution in [0.2, 0.25) is 0 Å². The first kappa shape index (κ1) is 14.6. The summed E-state index contributed by atoms with van der Waals surface area (Å²) in [5, 5.41) is 0.784. The van der Waals surface area contributed by atoms with E-state index in [2.05, 4.69) is 10.9 Å². The van der Waals surface area contributed by atoms with Gasteiger partial charge in [-0.2, -0.15) is 0 Å². The maximum absolute atomic E-state index is 11.7. The van der Waals surface area contributed by atoms with Crippen molar-refractivity contribution in [3.8, 4) is 5.75 Å². The van der Waals surface area contributed by atoms with Crippen molar-refractivity contribution in [3.63, 3.8) is 0 Å². The lowest BCUT2D eigenvalue weighted by Crippen LogP contribution is -2.33. The summed E-state index contributed by atoms with van der Waals surface area (Å²) in [4.78, 5) is 22.9. The standard InChI is InChI=1S/C17H14N2O4/c20-16(19-18-13-4-2-1-3-5-13)11-22-14-8-6-12-7-9-17(21)23-15(12)10-14/h1-10,18H,11H2,(H,19,20). The molecular formula is C17H14N2O4. The smallest absolute Gasteiger partial charge is 0.336 e. The van der Waals surface area contributed by atoms with Crippen molar-refractivity contribution in [1.29, 1.82) is 0 Å². The van der Waals surface area contributed by atoms with Crippen molar-refractivity contribution in [2.24, 2.45) is 0 Å². The lowest BCUT2D eigenvalue weighted by atomic mass is 10.2. The molecule has 0 atom stereocenters. The Morgan fingerprint density at radius 3 is 2.65 bits per heavy atom. The Morgan fingerprint density at radius 2 is 1.83 bits per heavy atom. The summed E-state index contributed by atoms with van der Waals surface area (Å²) in [5.74, 6) is 0.116. The Balaban J connectivity index is 1.57. The molecule has 2 aromatic carbocycles. The molecule has 0 bridgehead atoms. The summed E-state index contributed by atoms with van der Waals surface area (Å²) in [5.41, 5.74) is 6.06. The molecule has 0 unspecified atom stereocenters. The molecule has 3 rings (SSSR count). The van der Waals surface area contributed by atoms with Gasteiger partial charge in [-0.15, -0.1) is 0 Å². The van der Waals surface area contributed by atoms with Crippen molar-refractivity contribution in [2.45, 2.75) is 0 Å². The predicted molar refractivity (Wildman–Crippen MR) is 86.2 cm³/mol. The lowest BCUT2D eigenvalue weighted by molar-refractivity contribution is -0.122. The van der Waals surface area contributed by atoms with Gasteiger partial charge in [0.1, 0.15) is 11.3 Å². The number of hydrogen-bond acceptors (Lipinski definition) is 5. The van der Waals surface area contributed by atoms with Gasteiger partial charge in [0, 0.05) is 17.5 Å². The summed E-state index contributed by atoms with van der Waals surface area (Å²) >= 11 is 0. The molecule has 0 saturated heterocycles. The second-order valence-electron chi connectivity index (χ2n) is 4.78. The maximum atomic E-state index is 11.7. The van der Waals surface area contributed by atoms with E-state index in [0.29, 0.717) is 11.3 Å². The number of rotatable bonds is 5. The number of ether oxygens (including phenoxy) is 1. The van der Waals surface area contributed by atoms with Crippen LogP contribution in [0.25, 0.3) is 11.0 Å². The quantitative estimate of drug-likeness (QED) is 0.558. The number of anilines is 1. The Hall–Kier alpha value is -3.28. The fourth-order valence-corrected chi connectivity index (χ4v) is 1.98. The number of carbonyl (C=O) groups excluding carboxylic acids is 1. The first-order valence-corrected chi connectivity index (χ1v) is 6.97. The molecule has 0 saturated carbocycles. The zero-order chi connectivity index (χ0) is 16.1. The summed E-state index contributed by atoms with van der Waals surface area (Å²) in [6, 6.07) is 17.3. The van der Waals surface area contributed by atoms with E-state index in [-0.39, 0.29) is 12.5 Å². The topological polar surface area (TPSA) is 80.6 Å². The highest BCUT2D eigenvalue weighted by atomic mass is 16.5. The van der Waals surface area contributed by atoms with Crippen molar-refractivity contribution in [2.75, 3.05) is 12.0 Å². The van der Waals surface area contributed by atoms with Gasteiger partial charge in [0.15, 0.2) is 6.61 Å². The van der Waals surface area contributed by atoms with Gasteiger partial charge in [-0.1, -0.05) is 18.2 Å². The van der Waals surface area contributed by atoms with Crippen LogP contribution in [0.3, 0.4) is 0 Å². The van der Waals surface area contributed by atoms with Crippen LogP contribution in [0, 0.1) is 0 Å². The molecule has 0 aliphatic rings. The van der Waals surface area contributed by atoms with Gasteiger partial charge >= 0.3 is 5.63 Å². The number of amides is 1. The Bertz CT molecular complexity index is 874. The van der Waals surface area contributed by atoms with E-state index in [9.17, 15) is 9.59 Å². The van der Waals surface area contributed by atoms with Gasteiger partial charge in [-0.3, -0.25) is 15.6 Å². The molecule has 23 heavy (non-hydrogen) atoms. The largest absolute Gasteiger partial charge is 0.484 e. The van der Waals surface area contributed by atoms with Crippen LogP contribution in [-0.4, -0.2) is 12.5 Å². The minimum absolute atomic E-state index is 0.164. The van der Waals surface area contributed by atoms with E-state index in [1.807, 2.05) is 30.3 Å². The first-order valence-electron chi connectivity index (χ1n) is 6.97. The van der Waals surface area contributed by atoms with Crippen molar-refractivity contribution in [1.82, 2.24) is 5.43 Å². The SMILES string of the molecule is O=C(COc1ccc2ccc(=O)oc2c1)NNc1ccccc1. The molecular weight excluding hydrogens is 296 g/mol. The normalized spacial score (nSPS) is 10.3. The van der Waals surface area contributed by atoms with E-state index >= 15 is 0 Å². The van der Waals surface area contributed by atoms with Crippen molar-refractivity contribution >= 4 is 22.6 Å². The van der Waals surface area contributed by atoms with Crippen LogP contribution in [0.4, 0.5) is 5.69 Å². The minimum Gasteiger partial charge on any atom is -0.484 e. The van der Waals surface area contributed by atoms with Gasteiger partial charge < -0.3 is 9.15 Å². The molecule has 1 aromatic heterocycles. The molecule has 0 spiro atoms. The van der Waals surface area contributed by atoms with Crippen LogP contribution in [-0.2, 0) is 4.79 Å². The Morgan fingerprint density at radius 1 is 1.04 bits per heavy atom. The zero-order valence-corrected chi connectivity index (χ0v) is 12.1. The average molecular weight is 310 g/mol. The molecule has 2 N–H and O–H groups in total. The molecule has 0 aliphatic carbocycles. The monoisotopic (exact) mass is 310 g/mol. The van der Waals surface area contributed by atoms with E-state index in [4.69, 9.17) is 9.15 Å². The number of benzene rings is 2. The average Bonchev–Trinajstić information content (AvgIpc) is 2.58. The minimum atomic E-state index is -0.431. The summed E-state index contributed by atoms with van der Waals surface area (Å²) in [7, 11) is 0. The third-order valence-corrected chi connectivity index (χ3v) is 3.08. The van der Waals surface area contributed by atoms with Crippen LogP contribution in [0.15, 0.2) is 69.9 Å². The molecule has 3 aromatic rings. The summed E-state index contributed by atoms with van der Waals surface area (Å²) < 4.78 is 10.5. The van der Waals surface area contributed by atoms with Crippen LogP contribution < -0.4 is 21.2 Å². The molecule has 116 valence electrons. The fraction of sp³-hybridized carbons (Fsp3) is 0.0588. The molecule has 0 fully saturated rings. The number of carbonyl (C=O) groups is 1. The molecule has 6 nitrogen and oxygen atoms in total. The summed E-state index contributed by atoms with van der Waals surface area (Å²) in [6.07, 6.45) is 0. The summed E-state index contributed by atoms with van der Waals surface area (Å²) in [6.45, 7) is -0.164. The third kappa shape index (κ3) is 3.88. The second-order valence-corrected chi connectivity index (χ2v) is 4.78. The number of para-hydroxylation sites is 1. The van der Waals surface area contributed by atoms with Gasteiger partial charge in [0.05, 0.1) is 5.69 Å². The molecule has 1 heterocycles. The third-order valence-electron chi connectivity index (χ3n) is 3.08. The number of hydrogen-bond donors (Lipinski definition) is 2. The van der Waals surface area contributed by atoms with E-state index in [1.165, 1.54) is 6.07 Å². The van der Waals surface area contributed by atoms with Gasteiger partial charge in [-0.25, -0.2) is 4.79 Å². The highest BCUT2D eigenvalue weighted by molar-refractivity contribution is 5.80.